The van der Waals surface area contributed by atoms with Gasteiger partial charge in [-0.3, -0.25) is 0 Å². The molecule has 0 saturated carbocycles. The molecule has 0 atom stereocenters. The summed E-state index contributed by atoms with van der Waals surface area (Å²) in [6, 6.07) is 6.27. The summed E-state index contributed by atoms with van der Waals surface area (Å²) in [4.78, 5) is 11.4. The molecule has 0 bridgehead atoms. The van der Waals surface area contributed by atoms with Gasteiger partial charge in [0, 0.05) is 13.1 Å². The number of nitrogens with zero attached hydrogens (tertiary/aromatic N) is 1. The third kappa shape index (κ3) is 7.04. The molecule has 120 valence electrons. The second-order valence-electron chi connectivity index (χ2n) is 5.89. The van der Waals surface area contributed by atoms with Crippen LogP contribution in [0.1, 0.15) is 38.3 Å². The number of ether oxygens (including phenoxy) is 1. The van der Waals surface area contributed by atoms with E-state index in [1.54, 1.807) is 6.07 Å². The van der Waals surface area contributed by atoms with E-state index in [0.717, 1.165) is 12.0 Å². The lowest BCUT2D eigenvalue weighted by atomic mass is 10.1. The van der Waals surface area contributed by atoms with E-state index >= 15 is 0 Å². The molecule has 1 rings (SSSR count). The largest absolute Gasteiger partial charge is 0.444 e. The molecule has 2 N–H and O–H groups in total. The number of alkyl carbamates (subject to hydrolysis) is 1. The standard InChI is InChI=1S/C16H22FN3O2/c1-16(2,3)22-15(21)20-8-4-7-19-11-12-5-6-14(17)13(9-12)10-18/h5-6,9,19H,4,7-8,11H2,1-3H3,(H,20,21). The summed E-state index contributed by atoms with van der Waals surface area (Å²) in [6.45, 7) is 7.18. The maximum absolute atomic E-state index is 13.2. The van der Waals surface area contributed by atoms with Gasteiger partial charge in [-0.25, -0.2) is 9.18 Å². The Morgan fingerprint density at radius 1 is 1.36 bits per heavy atom. The Bertz CT molecular complexity index is 547. The Hall–Kier alpha value is -2.13. The van der Waals surface area contributed by atoms with E-state index in [-0.39, 0.29) is 5.56 Å². The Morgan fingerprint density at radius 3 is 2.73 bits per heavy atom. The summed E-state index contributed by atoms with van der Waals surface area (Å²) in [6.07, 6.45) is 0.315. The fourth-order valence-corrected chi connectivity index (χ4v) is 1.72. The molecule has 0 radical (unpaired) electrons. The molecule has 0 aliphatic carbocycles. The first-order valence-corrected chi connectivity index (χ1v) is 7.18. The molecule has 0 saturated heterocycles. The van der Waals surface area contributed by atoms with Crippen LogP contribution in [-0.4, -0.2) is 24.8 Å². The van der Waals surface area contributed by atoms with Crippen LogP contribution in [-0.2, 0) is 11.3 Å². The second kappa shape index (κ2) is 8.35. The number of rotatable bonds is 6. The summed E-state index contributed by atoms with van der Waals surface area (Å²) >= 11 is 0. The fraction of sp³-hybridized carbons (Fsp3) is 0.500. The van der Waals surface area contributed by atoms with E-state index in [9.17, 15) is 9.18 Å². The van der Waals surface area contributed by atoms with Gasteiger partial charge in [0.1, 0.15) is 17.5 Å². The van der Waals surface area contributed by atoms with E-state index in [2.05, 4.69) is 10.6 Å². The lowest BCUT2D eigenvalue weighted by molar-refractivity contribution is 0.0527. The topological polar surface area (TPSA) is 74.2 Å². The molecule has 0 unspecified atom stereocenters. The third-order valence-electron chi connectivity index (χ3n) is 2.68. The molecule has 22 heavy (non-hydrogen) atoms. The number of nitrogens with one attached hydrogen (secondary N) is 2. The summed E-state index contributed by atoms with van der Waals surface area (Å²) in [7, 11) is 0. The highest BCUT2D eigenvalue weighted by Gasteiger charge is 2.15. The van der Waals surface area contributed by atoms with Crippen molar-refractivity contribution in [3.05, 3.63) is 35.1 Å². The van der Waals surface area contributed by atoms with Gasteiger partial charge >= 0.3 is 6.09 Å². The van der Waals surface area contributed by atoms with Crippen LogP contribution in [0.4, 0.5) is 9.18 Å². The minimum Gasteiger partial charge on any atom is -0.444 e. The van der Waals surface area contributed by atoms with Crippen LogP contribution in [0, 0.1) is 17.1 Å². The van der Waals surface area contributed by atoms with Crippen LogP contribution in [0.3, 0.4) is 0 Å². The zero-order valence-electron chi connectivity index (χ0n) is 13.2. The number of carbonyl (C=O) groups is 1. The third-order valence-corrected chi connectivity index (χ3v) is 2.68. The van der Waals surface area contributed by atoms with Crippen molar-refractivity contribution in [2.45, 2.75) is 39.3 Å². The predicted octanol–water partition coefficient (Wildman–Crippen LogP) is 2.70. The van der Waals surface area contributed by atoms with Crippen LogP contribution in [0.25, 0.3) is 0 Å². The lowest BCUT2D eigenvalue weighted by Gasteiger charge is -2.19. The smallest absolute Gasteiger partial charge is 0.407 e. The van der Waals surface area contributed by atoms with Gasteiger partial charge in [0.25, 0.3) is 0 Å². The Balaban J connectivity index is 2.19. The van der Waals surface area contributed by atoms with Gasteiger partial charge in [-0.1, -0.05) is 6.07 Å². The SMILES string of the molecule is CC(C)(C)OC(=O)NCCCNCc1ccc(F)c(C#N)c1. The maximum Gasteiger partial charge on any atom is 0.407 e. The molecule has 1 amide bonds. The molecule has 0 spiro atoms. The van der Waals surface area contributed by atoms with Crippen LogP contribution in [0.15, 0.2) is 18.2 Å². The number of carbonyl (C=O) groups excluding carboxylic acids is 1. The van der Waals surface area contributed by atoms with E-state index in [1.165, 1.54) is 12.1 Å². The van der Waals surface area contributed by atoms with E-state index in [1.807, 2.05) is 26.8 Å². The zero-order chi connectivity index (χ0) is 16.6. The van der Waals surface area contributed by atoms with Crippen LogP contribution >= 0.6 is 0 Å². The van der Waals surface area contributed by atoms with Crippen molar-refractivity contribution in [3.63, 3.8) is 0 Å². The maximum atomic E-state index is 13.2. The number of hydrogen-bond acceptors (Lipinski definition) is 4. The van der Waals surface area contributed by atoms with Crippen LogP contribution < -0.4 is 10.6 Å². The van der Waals surface area contributed by atoms with Crippen molar-refractivity contribution in [1.82, 2.24) is 10.6 Å². The second-order valence-corrected chi connectivity index (χ2v) is 5.89. The molecule has 0 aliphatic rings. The minimum absolute atomic E-state index is 0.0471. The molecule has 0 aromatic heterocycles. The Morgan fingerprint density at radius 2 is 2.09 bits per heavy atom. The van der Waals surface area contributed by atoms with E-state index in [0.29, 0.717) is 19.6 Å². The molecule has 0 aliphatic heterocycles. The molecule has 5 nitrogen and oxygen atoms in total. The van der Waals surface area contributed by atoms with E-state index < -0.39 is 17.5 Å². The Kier molecular flexibility index (Phi) is 6.80. The minimum atomic E-state index is -0.507. The molecule has 0 heterocycles. The highest BCUT2D eigenvalue weighted by molar-refractivity contribution is 5.67. The van der Waals surface area contributed by atoms with Crippen LogP contribution in [0.2, 0.25) is 0 Å². The van der Waals surface area contributed by atoms with Gasteiger partial charge in [0.2, 0.25) is 0 Å². The van der Waals surface area contributed by atoms with Gasteiger partial charge in [-0.05, 0) is 51.4 Å². The van der Waals surface area contributed by atoms with Crippen molar-refractivity contribution in [2.24, 2.45) is 0 Å². The average molecular weight is 307 g/mol. The van der Waals surface area contributed by atoms with Crippen molar-refractivity contribution < 1.29 is 13.9 Å². The first-order chi connectivity index (χ1) is 10.3. The number of halogens is 1. The summed E-state index contributed by atoms with van der Waals surface area (Å²) < 4.78 is 18.3. The molecule has 1 aromatic rings. The fourth-order valence-electron chi connectivity index (χ4n) is 1.72. The summed E-state index contributed by atoms with van der Waals surface area (Å²) in [5, 5.41) is 14.6. The quantitative estimate of drug-likeness (QED) is 0.792. The van der Waals surface area contributed by atoms with Gasteiger partial charge in [-0.15, -0.1) is 0 Å². The molecule has 6 heteroatoms. The number of amides is 1. The van der Waals surface area contributed by atoms with E-state index in [4.69, 9.17) is 10.00 Å². The molecule has 0 fully saturated rings. The zero-order valence-corrected chi connectivity index (χ0v) is 13.2. The molecular weight excluding hydrogens is 285 g/mol. The predicted molar refractivity (Wildman–Crippen MR) is 81.7 cm³/mol. The van der Waals surface area contributed by atoms with Gasteiger partial charge in [0.15, 0.2) is 0 Å². The van der Waals surface area contributed by atoms with Crippen LogP contribution in [0.5, 0.6) is 0 Å². The summed E-state index contributed by atoms with van der Waals surface area (Å²) in [5.41, 5.74) is 0.396. The monoisotopic (exact) mass is 307 g/mol. The number of hydrogen-bond donors (Lipinski definition) is 2. The molecule has 1 aromatic carbocycles. The number of nitriles is 1. The highest BCUT2D eigenvalue weighted by atomic mass is 19.1. The normalized spacial score (nSPS) is 10.9. The number of benzene rings is 1. The van der Waals surface area contributed by atoms with Crippen molar-refractivity contribution in [1.29, 1.82) is 5.26 Å². The summed E-state index contributed by atoms with van der Waals surface area (Å²) in [5.74, 6) is -0.507. The lowest BCUT2D eigenvalue weighted by Crippen LogP contribution is -2.33. The highest BCUT2D eigenvalue weighted by Crippen LogP contribution is 2.09. The van der Waals surface area contributed by atoms with Crippen molar-refractivity contribution in [2.75, 3.05) is 13.1 Å². The van der Waals surface area contributed by atoms with Crippen molar-refractivity contribution in [3.8, 4) is 6.07 Å². The van der Waals surface area contributed by atoms with Gasteiger partial charge < -0.3 is 15.4 Å². The van der Waals surface area contributed by atoms with Gasteiger partial charge in [-0.2, -0.15) is 5.26 Å². The average Bonchev–Trinajstić information content (AvgIpc) is 2.42. The first-order valence-electron chi connectivity index (χ1n) is 7.18. The van der Waals surface area contributed by atoms with Crippen molar-refractivity contribution >= 4 is 6.09 Å². The first kappa shape index (κ1) is 17.9. The van der Waals surface area contributed by atoms with Gasteiger partial charge in [0.05, 0.1) is 5.56 Å². The molecular formula is C16H22FN3O2. The Labute approximate surface area is 130 Å².